The number of hydrogen-bond donors (Lipinski definition) is 1. The number of carbonyl (C=O) groups excluding carboxylic acids is 2. The fraction of sp³-hybridized carbons (Fsp3) is 0.520. The third-order valence-electron chi connectivity index (χ3n) is 6.12. The number of amides is 2. The Labute approximate surface area is 195 Å². The molecule has 4 rings (SSSR count). The molecule has 2 saturated heterocycles. The summed E-state index contributed by atoms with van der Waals surface area (Å²) in [5.74, 6) is 1.06. The van der Waals surface area contributed by atoms with E-state index in [0.717, 1.165) is 38.0 Å². The van der Waals surface area contributed by atoms with Crippen molar-refractivity contribution in [2.75, 3.05) is 31.1 Å². The normalized spacial score (nSPS) is 17.4. The zero-order valence-corrected chi connectivity index (χ0v) is 19.7. The van der Waals surface area contributed by atoms with E-state index in [9.17, 15) is 9.59 Å². The third-order valence-corrected chi connectivity index (χ3v) is 6.12. The van der Waals surface area contributed by atoms with E-state index in [-0.39, 0.29) is 17.9 Å². The van der Waals surface area contributed by atoms with Crippen LogP contribution in [0.15, 0.2) is 42.6 Å². The molecule has 1 aromatic heterocycles. The monoisotopic (exact) mass is 451 g/mol. The largest absolute Gasteiger partial charge is 0.444 e. The highest BCUT2D eigenvalue weighted by molar-refractivity contribution is 6.01. The molecule has 33 heavy (non-hydrogen) atoms. The lowest BCUT2D eigenvalue weighted by Gasteiger charge is -2.33. The van der Waals surface area contributed by atoms with Gasteiger partial charge in [-0.05, 0) is 75.8 Å². The van der Waals surface area contributed by atoms with Crippen LogP contribution in [0, 0.1) is 11.8 Å². The first-order valence-electron chi connectivity index (χ1n) is 11.7. The lowest BCUT2D eigenvalue weighted by atomic mass is 9.90. The minimum atomic E-state index is -0.467. The molecule has 0 saturated carbocycles. The first-order valence-corrected chi connectivity index (χ1v) is 11.7. The number of piperidine rings is 1. The quantitative estimate of drug-likeness (QED) is 0.748. The summed E-state index contributed by atoms with van der Waals surface area (Å²) in [6.45, 7) is 8.51. The Morgan fingerprint density at radius 2 is 1.82 bits per heavy atom. The van der Waals surface area contributed by atoms with Crippen LogP contribution in [0.2, 0.25) is 0 Å². The van der Waals surface area contributed by atoms with Crippen molar-refractivity contribution in [3.05, 3.63) is 48.2 Å². The molecule has 2 fully saturated rings. The van der Waals surface area contributed by atoms with Crippen molar-refractivity contribution in [2.24, 2.45) is 11.8 Å². The lowest BCUT2D eigenvalue weighted by molar-refractivity contribution is -0.123. The van der Waals surface area contributed by atoms with E-state index in [0.29, 0.717) is 24.8 Å². The molecule has 2 aromatic rings. The summed E-state index contributed by atoms with van der Waals surface area (Å²) in [6.07, 6.45) is 4.25. The van der Waals surface area contributed by atoms with E-state index in [2.05, 4.69) is 27.6 Å². The molecule has 0 bridgehead atoms. The van der Waals surface area contributed by atoms with E-state index in [4.69, 9.17) is 4.74 Å². The first-order chi connectivity index (χ1) is 15.8. The molecule has 8 heteroatoms. The van der Waals surface area contributed by atoms with Crippen LogP contribution in [0.5, 0.6) is 0 Å². The number of likely N-dealkylation sites (tertiary alicyclic amines) is 1. The molecular weight excluding hydrogens is 418 g/mol. The van der Waals surface area contributed by atoms with Crippen LogP contribution in [-0.4, -0.2) is 58.9 Å². The second-order valence-corrected chi connectivity index (χ2v) is 9.89. The molecule has 3 heterocycles. The van der Waals surface area contributed by atoms with Gasteiger partial charge in [-0.3, -0.25) is 9.69 Å². The second-order valence-electron chi connectivity index (χ2n) is 9.89. The standard InChI is InChI=1S/C25H33N5O3/c1-25(2,3)33-24(32)29-13-10-19(11-14-29)15-18-6-8-21(9-7-18)30(22-5-4-12-27-28-22)23(31)20-16-26-17-20/h4-9,12,19-20,26H,10-11,13-17H2,1-3H3. The smallest absolute Gasteiger partial charge is 0.410 e. The summed E-state index contributed by atoms with van der Waals surface area (Å²) < 4.78 is 5.49. The Hall–Kier alpha value is -3.00. The molecule has 0 aliphatic carbocycles. The molecule has 0 unspecified atom stereocenters. The van der Waals surface area contributed by atoms with Crippen LogP contribution in [0.4, 0.5) is 16.3 Å². The van der Waals surface area contributed by atoms with Gasteiger partial charge in [0.15, 0.2) is 5.82 Å². The summed E-state index contributed by atoms with van der Waals surface area (Å²) in [5, 5.41) is 11.3. The van der Waals surface area contributed by atoms with Gasteiger partial charge < -0.3 is 15.0 Å². The van der Waals surface area contributed by atoms with E-state index in [1.54, 1.807) is 17.2 Å². The van der Waals surface area contributed by atoms with Crippen molar-refractivity contribution >= 4 is 23.5 Å². The van der Waals surface area contributed by atoms with Crippen LogP contribution in [0.25, 0.3) is 0 Å². The van der Waals surface area contributed by atoms with Gasteiger partial charge in [-0.1, -0.05) is 12.1 Å². The number of anilines is 2. The molecule has 0 spiro atoms. The topological polar surface area (TPSA) is 87.7 Å². The average Bonchev–Trinajstić information content (AvgIpc) is 2.74. The number of rotatable bonds is 5. The number of ether oxygens (including phenoxy) is 1. The number of carbonyl (C=O) groups is 2. The van der Waals surface area contributed by atoms with Crippen molar-refractivity contribution in [3.63, 3.8) is 0 Å². The van der Waals surface area contributed by atoms with E-state index in [1.165, 1.54) is 5.56 Å². The molecule has 176 valence electrons. The summed E-state index contributed by atoms with van der Waals surface area (Å²) in [6, 6.07) is 11.8. The van der Waals surface area contributed by atoms with E-state index >= 15 is 0 Å². The van der Waals surface area contributed by atoms with Crippen LogP contribution < -0.4 is 10.2 Å². The number of hydrogen-bond acceptors (Lipinski definition) is 6. The maximum atomic E-state index is 13.1. The van der Waals surface area contributed by atoms with Crippen LogP contribution >= 0.6 is 0 Å². The van der Waals surface area contributed by atoms with E-state index < -0.39 is 5.60 Å². The highest BCUT2D eigenvalue weighted by Crippen LogP contribution is 2.28. The minimum Gasteiger partial charge on any atom is -0.444 e. The molecule has 8 nitrogen and oxygen atoms in total. The Balaban J connectivity index is 1.38. The minimum absolute atomic E-state index is 0.0384. The lowest BCUT2D eigenvalue weighted by Crippen LogP contribution is -2.51. The Kier molecular flexibility index (Phi) is 6.93. The SMILES string of the molecule is CC(C)(C)OC(=O)N1CCC(Cc2ccc(N(C(=O)C3CNC3)c3cccnn3)cc2)CC1. The average molecular weight is 452 g/mol. The van der Waals surface area contributed by atoms with Crippen LogP contribution in [-0.2, 0) is 16.0 Å². The van der Waals surface area contributed by atoms with E-state index in [1.807, 2.05) is 43.9 Å². The molecule has 2 amide bonds. The zero-order chi connectivity index (χ0) is 23.4. The molecule has 1 aromatic carbocycles. The van der Waals surface area contributed by atoms with Gasteiger partial charge in [0.1, 0.15) is 5.60 Å². The fourth-order valence-electron chi connectivity index (χ4n) is 4.19. The maximum absolute atomic E-state index is 13.1. The van der Waals surface area contributed by atoms with Gasteiger partial charge in [-0.15, -0.1) is 5.10 Å². The van der Waals surface area contributed by atoms with Crippen molar-refractivity contribution in [1.29, 1.82) is 0 Å². The summed E-state index contributed by atoms with van der Waals surface area (Å²) in [5.41, 5.74) is 1.56. The number of benzene rings is 1. The molecule has 0 atom stereocenters. The van der Waals surface area contributed by atoms with Crippen molar-refractivity contribution in [1.82, 2.24) is 20.4 Å². The van der Waals surface area contributed by atoms with Crippen molar-refractivity contribution in [3.8, 4) is 0 Å². The zero-order valence-electron chi connectivity index (χ0n) is 19.7. The van der Waals surface area contributed by atoms with Gasteiger partial charge in [-0.2, -0.15) is 5.10 Å². The third kappa shape index (κ3) is 5.87. The number of aromatic nitrogens is 2. The predicted molar refractivity (Wildman–Crippen MR) is 126 cm³/mol. The fourth-order valence-corrected chi connectivity index (χ4v) is 4.19. The molecule has 0 radical (unpaired) electrons. The van der Waals surface area contributed by atoms with Gasteiger partial charge in [0.25, 0.3) is 0 Å². The summed E-state index contributed by atoms with van der Waals surface area (Å²) in [4.78, 5) is 28.8. The van der Waals surface area contributed by atoms with Gasteiger partial charge in [-0.25, -0.2) is 4.79 Å². The Morgan fingerprint density at radius 3 is 2.36 bits per heavy atom. The van der Waals surface area contributed by atoms with Gasteiger partial charge in [0.05, 0.1) is 11.6 Å². The Morgan fingerprint density at radius 1 is 1.12 bits per heavy atom. The highest BCUT2D eigenvalue weighted by Gasteiger charge is 2.32. The Bertz CT molecular complexity index is 946. The van der Waals surface area contributed by atoms with Gasteiger partial charge in [0.2, 0.25) is 5.91 Å². The molecular formula is C25H33N5O3. The maximum Gasteiger partial charge on any atom is 0.410 e. The van der Waals surface area contributed by atoms with Crippen molar-refractivity contribution < 1.29 is 14.3 Å². The molecule has 1 N–H and O–H groups in total. The van der Waals surface area contributed by atoms with Gasteiger partial charge in [0, 0.05) is 32.4 Å². The first kappa shape index (κ1) is 23.2. The van der Waals surface area contributed by atoms with Crippen LogP contribution in [0.3, 0.4) is 0 Å². The molecule has 2 aliphatic rings. The predicted octanol–water partition coefficient (Wildman–Crippen LogP) is 3.55. The summed E-state index contributed by atoms with van der Waals surface area (Å²) in [7, 11) is 0. The summed E-state index contributed by atoms with van der Waals surface area (Å²) >= 11 is 0. The van der Waals surface area contributed by atoms with Crippen LogP contribution in [0.1, 0.15) is 39.2 Å². The number of nitrogens with one attached hydrogen (secondary N) is 1. The van der Waals surface area contributed by atoms with Gasteiger partial charge >= 0.3 is 6.09 Å². The highest BCUT2D eigenvalue weighted by atomic mass is 16.6. The second kappa shape index (κ2) is 9.87. The van der Waals surface area contributed by atoms with Crippen molar-refractivity contribution in [2.45, 2.75) is 45.6 Å². The number of nitrogens with zero attached hydrogens (tertiary/aromatic N) is 4. The molecule has 2 aliphatic heterocycles.